The fourth-order valence-corrected chi connectivity index (χ4v) is 2.75. The fourth-order valence-electron chi connectivity index (χ4n) is 2.63. The van der Waals surface area contributed by atoms with Crippen molar-refractivity contribution in [3.05, 3.63) is 89.5 Å². The van der Waals surface area contributed by atoms with Gasteiger partial charge in [-0.25, -0.2) is 4.98 Å². The lowest BCUT2D eigenvalue weighted by molar-refractivity contribution is 0.103. The minimum Gasteiger partial charge on any atom is -0.299 e. The van der Waals surface area contributed by atoms with E-state index in [1.54, 1.807) is 36.5 Å². The van der Waals surface area contributed by atoms with Gasteiger partial charge in [-0.15, -0.1) is 0 Å². The van der Waals surface area contributed by atoms with E-state index in [9.17, 15) is 4.79 Å². The van der Waals surface area contributed by atoms with E-state index in [-0.39, 0.29) is 5.78 Å². The average molecular weight is 334 g/mol. The summed E-state index contributed by atoms with van der Waals surface area (Å²) in [4.78, 5) is 21.5. The molecule has 0 aliphatic heterocycles. The number of halogens is 1. The minimum absolute atomic E-state index is 0.195. The first-order valence-corrected chi connectivity index (χ1v) is 7.80. The quantitative estimate of drug-likeness (QED) is 0.526. The largest absolute Gasteiger partial charge is 0.299 e. The van der Waals surface area contributed by atoms with Gasteiger partial charge in [-0.3, -0.25) is 14.2 Å². The first-order valence-electron chi connectivity index (χ1n) is 7.43. The van der Waals surface area contributed by atoms with Crippen molar-refractivity contribution in [3.8, 4) is 11.4 Å². The van der Waals surface area contributed by atoms with Gasteiger partial charge in [0.05, 0.1) is 5.52 Å². The van der Waals surface area contributed by atoms with Crippen LogP contribution in [0.5, 0.6) is 0 Å². The third-order valence-electron chi connectivity index (χ3n) is 3.76. The molecule has 4 aromatic rings. The molecule has 0 aliphatic rings. The first kappa shape index (κ1) is 14.6. The van der Waals surface area contributed by atoms with Crippen molar-refractivity contribution in [2.24, 2.45) is 0 Å². The predicted molar refractivity (Wildman–Crippen MR) is 93.3 cm³/mol. The van der Waals surface area contributed by atoms with Crippen LogP contribution in [-0.2, 0) is 0 Å². The molecular formula is C19H12ClN3O. The zero-order valence-electron chi connectivity index (χ0n) is 12.6. The van der Waals surface area contributed by atoms with Crippen molar-refractivity contribution in [1.82, 2.24) is 14.4 Å². The summed E-state index contributed by atoms with van der Waals surface area (Å²) in [5, 5.41) is 0.657. The van der Waals surface area contributed by atoms with Crippen LogP contribution >= 0.6 is 11.6 Å². The Kier molecular flexibility index (Phi) is 3.59. The topological polar surface area (TPSA) is 47.3 Å². The predicted octanol–water partition coefficient (Wildman–Crippen LogP) is 4.28. The molecule has 0 bridgehead atoms. The summed E-state index contributed by atoms with van der Waals surface area (Å²) in [6.07, 6.45) is 3.49. The molecule has 0 fully saturated rings. The van der Waals surface area contributed by atoms with Gasteiger partial charge >= 0.3 is 0 Å². The van der Waals surface area contributed by atoms with Crippen LogP contribution in [0.2, 0.25) is 5.02 Å². The number of benzene rings is 1. The molecule has 5 heteroatoms. The van der Waals surface area contributed by atoms with E-state index in [1.165, 1.54) is 0 Å². The highest BCUT2D eigenvalue weighted by molar-refractivity contribution is 6.30. The summed E-state index contributed by atoms with van der Waals surface area (Å²) in [5.41, 5.74) is 2.40. The summed E-state index contributed by atoms with van der Waals surface area (Å²) in [6.45, 7) is 0. The van der Waals surface area contributed by atoms with Gasteiger partial charge in [0, 0.05) is 23.0 Å². The van der Waals surface area contributed by atoms with Gasteiger partial charge in [-0.2, -0.15) is 0 Å². The number of aromatic nitrogens is 3. The SMILES string of the molecule is O=C(c1ccccn1)c1nc(-c2ccc(Cl)cc2)n2ccccc12. The maximum atomic E-state index is 12.8. The number of nitrogens with zero attached hydrogens (tertiary/aromatic N) is 3. The number of imidazole rings is 1. The van der Waals surface area contributed by atoms with E-state index < -0.39 is 0 Å². The standard InChI is InChI=1S/C19H12ClN3O/c20-14-9-7-13(8-10-14)19-22-17(16-6-2-4-12-23(16)19)18(24)15-5-1-3-11-21-15/h1-12H. The third-order valence-corrected chi connectivity index (χ3v) is 4.02. The van der Waals surface area contributed by atoms with Gasteiger partial charge < -0.3 is 0 Å². The molecule has 0 saturated carbocycles. The van der Waals surface area contributed by atoms with Crippen molar-refractivity contribution >= 4 is 22.9 Å². The summed E-state index contributed by atoms with van der Waals surface area (Å²) in [7, 11) is 0. The van der Waals surface area contributed by atoms with E-state index in [2.05, 4.69) is 9.97 Å². The Balaban J connectivity index is 1.92. The molecule has 0 amide bonds. The monoisotopic (exact) mass is 333 g/mol. The Labute approximate surface area is 143 Å². The number of rotatable bonds is 3. The van der Waals surface area contributed by atoms with E-state index in [0.29, 0.717) is 22.2 Å². The van der Waals surface area contributed by atoms with Crippen LogP contribution in [-0.4, -0.2) is 20.2 Å². The Morgan fingerprint density at radius 1 is 0.958 bits per heavy atom. The molecule has 3 aromatic heterocycles. The molecule has 3 heterocycles. The molecule has 4 nitrogen and oxygen atoms in total. The molecule has 0 saturated heterocycles. The van der Waals surface area contributed by atoms with Crippen LogP contribution in [0.15, 0.2) is 73.1 Å². The Morgan fingerprint density at radius 2 is 1.75 bits per heavy atom. The van der Waals surface area contributed by atoms with E-state index >= 15 is 0 Å². The molecule has 1 aromatic carbocycles. The molecule has 24 heavy (non-hydrogen) atoms. The molecule has 116 valence electrons. The van der Waals surface area contributed by atoms with Gasteiger partial charge in [0.15, 0.2) is 0 Å². The summed E-state index contributed by atoms with van der Waals surface area (Å²) in [6, 6.07) is 18.3. The van der Waals surface area contributed by atoms with Crippen molar-refractivity contribution < 1.29 is 4.79 Å². The van der Waals surface area contributed by atoms with E-state index in [4.69, 9.17) is 11.6 Å². The molecule has 0 N–H and O–H groups in total. The molecule has 0 atom stereocenters. The van der Waals surface area contributed by atoms with Gasteiger partial charge in [0.25, 0.3) is 0 Å². The molecule has 0 radical (unpaired) electrons. The highest BCUT2D eigenvalue weighted by Crippen LogP contribution is 2.25. The Hall–Kier alpha value is -2.98. The number of fused-ring (bicyclic) bond motifs is 1. The second kappa shape index (κ2) is 5.91. The molecule has 0 aliphatic carbocycles. The van der Waals surface area contributed by atoms with Crippen LogP contribution in [0.25, 0.3) is 16.9 Å². The molecule has 0 spiro atoms. The molecule has 0 unspecified atom stereocenters. The number of ketones is 1. The van der Waals surface area contributed by atoms with Gasteiger partial charge in [-0.05, 0) is 48.5 Å². The van der Waals surface area contributed by atoms with E-state index in [0.717, 1.165) is 11.1 Å². The lowest BCUT2D eigenvalue weighted by Crippen LogP contribution is -2.04. The number of carbonyl (C=O) groups is 1. The number of pyridine rings is 2. The van der Waals surface area contributed by atoms with Crippen LogP contribution in [0.4, 0.5) is 0 Å². The number of hydrogen-bond acceptors (Lipinski definition) is 3. The lowest BCUT2D eigenvalue weighted by Gasteiger charge is -2.00. The highest BCUT2D eigenvalue weighted by Gasteiger charge is 2.20. The van der Waals surface area contributed by atoms with Crippen LogP contribution < -0.4 is 0 Å². The van der Waals surface area contributed by atoms with Crippen molar-refractivity contribution in [3.63, 3.8) is 0 Å². The smallest absolute Gasteiger partial charge is 0.231 e. The third kappa shape index (κ3) is 2.47. The number of carbonyl (C=O) groups excluding carboxylic acids is 1. The highest BCUT2D eigenvalue weighted by atomic mass is 35.5. The second-order valence-corrected chi connectivity index (χ2v) is 5.73. The summed E-state index contributed by atoms with van der Waals surface area (Å²) in [5.74, 6) is 0.501. The van der Waals surface area contributed by atoms with Gasteiger partial charge in [0.2, 0.25) is 5.78 Å². The first-order chi connectivity index (χ1) is 11.7. The summed E-state index contributed by atoms with van der Waals surface area (Å²) < 4.78 is 1.90. The van der Waals surface area contributed by atoms with Crippen LogP contribution in [0.1, 0.15) is 16.2 Å². The maximum absolute atomic E-state index is 12.8. The van der Waals surface area contributed by atoms with Crippen molar-refractivity contribution in [2.45, 2.75) is 0 Å². The van der Waals surface area contributed by atoms with E-state index in [1.807, 2.05) is 40.9 Å². The van der Waals surface area contributed by atoms with Gasteiger partial charge in [-0.1, -0.05) is 23.7 Å². The lowest BCUT2D eigenvalue weighted by atomic mass is 10.2. The Morgan fingerprint density at radius 3 is 2.50 bits per heavy atom. The fraction of sp³-hybridized carbons (Fsp3) is 0. The van der Waals surface area contributed by atoms with Crippen molar-refractivity contribution in [2.75, 3.05) is 0 Å². The normalized spacial score (nSPS) is 10.9. The zero-order chi connectivity index (χ0) is 16.5. The minimum atomic E-state index is -0.195. The average Bonchev–Trinajstić information content (AvgIpc) is 3.02. The number of hydrogen-bond donors (Lipinski definition) is 0. The Bertz CT molecular complexity index is 1020. The second-order valence-electron chi connectivity index (χ2n) is 5.29. The van der Waals surface area contributed by atoms with Crippen LogP contribution in [0, 0.1) is 0 Å². The van der Waals surface area contributed by atoms with Gasteiger partial charge in [0.1, 0.15) is 17.2 Å². The van der Waals surface area contributed by atoms with Crippen LogP contribution in [0.3, 0.4) is 0 Å². The van der Waals surface area contributed by atoms with Crippen molar-refractivity contribution in [1.29, 1.82) is 0 Å². The molecular weight excluding hydrogens is 322 g/mol. The molecule has 4 rings (SSSR count). The maximum Gasteiger partial charge on any atom is 0.231 e. The summed E-state index contributed by atoms with van der Waals surface area (Å²) >= 11 is 5.96. The zero-order valence-corrected chi connectivity index (χ0v) is 13.3.